The lowest BCUT2D eigenvalue weighted by Gasteiger charge is -2.22. The maximum Gasteiger partial charge on any atom is 0.233 e. The number of benzene rings is 2. The monoisotopic (exact) mass is 338 g/mol. The van der Waals surface area contributed by atoms with E-state index in [1.165, 1.54) is 0 Å². The van der Waals surface area contributed by atoms with Crippen LogP contribution in [0.2, 0.25) is 0 Å². The molecule has 1 heterocycles. The van der Waals surface area contributed by atoms with Gasteiger partial charge in [-0.3, -0.25) is 4.79 Å². The summed E-state index contributed by atoms with van der Waals surface area (Å²) in [5, 5.41) is 5.35. The van der Waals surface area contributed by atoms with E-state index >= 15 is 0 Å². The Hall–Kier alpha value is -2.20. The molecule has 0 atom stereocenters. The first-order chi connectivity index (χ1) is 11.6. The molecule has 1 amide bonds. The summed E-state index contributed by atoms with van der Waals surface area (Å²) in [4.78, 5) is 19.3. The zero-order chi connectivity index (χ0) is 17.1. The second kappa shape index (κ2) is 7.14. The molecule has 3 nitrogen and oxygen atoms in total. The van der Waals surface area contributed by atoms with Gasteiger partial charge in [-0.05, 0) is 18.4 Å². The molecule has 3 aromatic rings. The Kier molecular flexibility index (Phi) is 4.95. The second-order valence-electron chi connectivity index (χ2n) is 6.14. The van der Waals surface area contributed by atoms with E-state index in [4.69, 9.17) is 0 Å². The minimum Gasteiger partial charge on any atom is -0.312 e. The molecule has 0 saturated heterocycles. The molecule has 0 aliphatic carbocycles. The van der Waals surface area contributed by atoms with Crippen LogP contribution in [0.5, 0.6) is 0 Å². The van der Waals surface area contributed by atoms with E-state index in [9.17, 15) is 4.79 Å². The van der Waals surface area contributed by atoms with Gasteiger partial charge in [0.2, 0.25) is 5.91 Å². The fraction of sp³-hybridized carbons (Fsp3) is 0.300. The van der Waals surface area contributed by atoms with Crippen molar-refractivity contribution in [3.05, 3.63) is 58.5 Å². The van der Waals surface area contributed by atoms with Crippen molar-refractivity contribution in [2.75, 3.05) is 11.4 Å². The van der Waals surface area contributed by atoms with Crippen molar-refractivity contribution in [1.29, 1.82) is 0 Å². The fourth-order valence-corrected chi connectivity index (χ4v) is 3.68. The standard InChI is InChI=1S/C20H22N2OS/c1-4-22(18-11-7-9-15-8-5-6-10-17(15)18)19(23)12-16-13-24-20(21-16)14(2)3/h5-11,13-14H,4,12H2,1-3H3. The summed E-state index contributed by atoms with van der Waals surface area (Å²) in [5.74, 6) is 0.494. The van der Waals surface area contributed by atoms with Crippen molar-refractivity contribution in [3.8, 4) is 0 Å². The van der Waals surface area contributed by atoms with Crippen LogP contribution < -0.4 is 4.90 Å². The van der Waals surface area contributed by atoms with Crippen molar-refractivity contribution in [2.24, 2.45) is 0 Å². The van der Waals surface area contributed by atoms with Gasteiger partial charge >= 0.3 is 0 Å². The van der Waals surface area contributed by atoms with Crippen LogP contribution in [0.4, 0.5) is 5.69 Å². The summed E-state index contributed by atoms with van der Waals surface area (Å²) in [6, 6.07) is 14.3. The third-order valence-corrected chi connectivity index (χ3v) is 5.26. The molecule has 2 aromatic carbocycles. The molecule has 0 unspecified atom stereocenters. The number of likely N-dealkylation sites (N-methyl/N-ethyl adjacent to an activating group) is 1. The molecule has 1 aromatic heterocycles. The maximum atomic E-state index is 12.9. The van der Waals surface area contributed by atoms with Crippen LogP contribution in [-0.4, -0.2) is 17.4 Å². The maximum absolute atomic E-state index is 12.9. The first kappa shape index (κ1) is 16.7. The predicted molar refractivity (Wildman–Crippen MR) is 102 cm³/mol. The van der Waals surface area contributed by atoms with Gasteiger partial charge in [0.25, 0.3) is 0 Å². The van der Waals surface area contributed by atoms with Gasteiger partial charge in [0, 0.05) is 23.2 Å². The van der Waals surface area contributed by atoms with Crippen LogP contribution in [0.1, 0.15) is 37.4 Å². The highest BCUT2D eigenvalue weighted by Crippen LogP contribution is 2.27. The number of hydrogen-bond donors (Lipinski definition) is 0. The summed E-state index contributed by atoms with van der Waals surface area (Å²) in [5.41, 5.74) is 1.84. The SMILES string of the molecule is CCN(C(=O)Cc1csc(C(C)C)n1)c1cccc2ccccc12. The first-order valence-electron chi connectivity index (χ1n) is 8.32. The molecule has 124 valence electrons. The van der Waals surface area contributed by atoms with Gasteiger partial charge < -0.3 is 4.90 Å². The third-order valence-electron chi connectivity index (χ3n) is 4.07. The number of nitrogens with zero attached hydrogens (tertiary/aromatic N) is 2. The lowest BCUT2D eigenvalue weighted by Crippen LogP contribution is -2.32. The van der Waals surface area contributed by atoms with Crippen molar-refractivity contribution in [2.45, 2.75) is 33.1 Å². The first-order valence-corrected chi connectivity index (χ1v) is 9.20. The van der Waals surface area contributed by atoms with E-state index < -0.39 is 0 Å². The van der Waals surface area contributed by atoms with Crippen molar-refractivity contribution >= 4 is 33.7 Å². The Labute approximate surface area is 147 Å². The molecule has 3 rings (SSSR count). The fourth-order valence-electron chi connectivity index (χ4n) is 2.84. The number of carbonyl (C=O) groups excluding carboxylic acids is 1. The average Bonchev–Trinajstić information content (AvgIpc) is 3.04. The van der Waals surface area contributed by atoms with E-state index in [2.05, 4.69) is 37.0 Å². The molecule has 0 aliphatic heterocycles. The smallest absolute Gasteiger partial charge is 0.233 e. The van der Waals surface area contributed by atoms with Crippen LogP contribution in [0, 0.1) is 0 Å². The van der Waals surface area contributed by atoms with Gasteiger partial charge in [0.1, 0.15) is 0 Å². The average molecular weight is 338 g/mol. The summed E-state index contributed by atoms with van der Waals surface area (Å²) in [6.07, 6.45) is 0.348. The van der Waals surface area contributed by atoms with Crippen LogP contribution in [0.25, 0.3) is 10.8 Å². The van der Waals surface area contributed by atoms with E-state index in [-0.39, 0.29) is 5.91 Å². The summed E-state index contributed by atoms with van der Waals surface area (Å²) < 4.78 is 0. The highest BCUT2D eigenvalue weighted by atomic mass is 32.1. The number of aromatic nitrogens is 1. The molecular formula is C20H22N2OS. The largest absolute Gasteiger partial charge is 0.312 e. The number of anilines is 1. The quantitative estimate of drug-likeness (QED) is 0.655. The van der Waals surface area contributed by atoms with Crippen molar-refractivity contribution < 1.29 is 4.79 Å². The summed E-state index contributed by atoms with van der Waals surface area (Å²) in [7, 11) is 0. The lowest BCUT2D eigenvalue weighted by molar-refractivity contribution is -0.118. The van der Waals surface area contributed by atoms with Gasteiger partial charge in [0.15, 0.2) is 0 Å². The van der Waals surface area contributed by atoms with Gasteiger partial charge in [-0.2, -0.15) is 0 Å². The van der Waals surface area contributed by atoms with Gasteiger partial charge in [-0.15, -0.1) is 11.3 Å². The zero-order valence-electron chi connectivity index (χ0n) is 14.3. The molecule has 4 heteroatoms. The second-order valence-corrected chi connectivity index (χ2v) is 7.03. The Balaban J connectivity index is 1.88. The molecule has 0 bridgehead atoms. The number of amides is 1. The number of carbonyl (C=O) groups is 1. The third kappa shape index (κ3) is 3.34. The molecule has 0 aliphatic rings. The number of thiazole rings is 1. The number of hydrogen-bond acceptors (Lipinski definition) is 3. The highest BCUT2D eigenvalue weighted by Gasteiger charge is 2.18. The zero-order valence-corrected chi connectivity index (χ0v) is 15.1. The molecule has 0 spiro atoms. The number of rotatable bonds is 5. The van der Waals surface area contributed by atoms with Crippen LogP contribution in [0.3, 0.4) is 0 Å². The van der Waals surface area contributed by atoms with Crippen LogP contribution in [0.15, 0.2) is 47.8 Å². The van der Waals surface area contributed by atoms with Gasteiger partial charge in [0.05, 0.1) is 22.8 Å². The molecule has 0 radical (unpaired) electrons. The number of fused-ring (bicyclic) bond motifs is 1. The Morgan fingerprint density at radius 1 is 1.17 bits per heavy atom. The van der Waals surface area contributed by atoms with Crippen molar-refractivity contribution in [1.82, 2.24) is 4.98 Å². The molecule has 0 saturated carbocycles. The van der Waals surface area contributed by atoms with Crippen LogP contribution in [-0.2, 0) is 11.2 Å². The Bertz CT molecular complexity index is 848. The van der Waals surface area contributed by atoms with E-state index in [0.29, 0.717) is 18.9 Å². The lowest BCUT2D eigenvalue weighted by atomic mass is 10.1. The normalized spacial score (nSPS) is 11.2. The minimum atomic E-state index is 0.0921. The molecule has 24 heavy (non-hydrogen) atoms. The Morgan fingerprint density at radius 3 is 2.62 bits per heavy atom. The van der Waals surface area contributed by atoms with E-state index in [1.807, 2.05) is 41.5 Å². The topological polar surface area (TPSA) is 33.2 Å². The minimum absolute atomic E-state index is 0.0921. The highest BCUT2D eigenvalue weighted by molar-refractivity contribution is 7.09. The predicted octanol–water partition coefficient (Wildman–Crippen LogP) is 5.02. The van der Waals surface area contributed by atoms with E-state index in [1.54, 1.807) is 11.3 Å². The van der Waals surface area contributed by atoms with E-state index in [0.717, 1.165) is 27.2 Å². The van der Waals surface area contributed by atoms with Gasteiger partial charge in [-0.25, -0.2) is 4.98 Å². The molecule has 0 fully saturated rings. The summed E-state index contributed by atoms with van der Waals surface area (Å²) >= 11 is 1.64. The van der Waals surface area contributed by atoms with Crippen molar-refractivity contribution in [3.63, 3.8) is 0 Å². The Morgan fingerprint density at radius 2 is 1.92 bits per heavy atom. The van der Waals surface area contributed by atoms with Gasteiger partial charge in [-0.1, -0.05) is 50.2 Å². The molecule has 0 N–H and O–H groups in total. The van der Waals surface area contributed by atoms with Crippen LogP contribution >= 0.6 is 11.3 Å². The summed E-state index contributed by atoms with van der Waals surface area (Å²) in [6.45, 7) is 6.91. The molecular weight excluding hydrogens is 316 g/mol.